The van der Waals surface area contributed by atoms with Gasteiger partial charge in [-0.05, 0) is 50.2 Å². The Kier molecular flexibility index (Phi) is 8.22. The van der Waals surface area contributed by atoms with Gasteiger partial charge in [0.25, 0.3) is 5.56 Å². The number of fused-ring (bicyclic) bond motifs is 1. The number of halogens is 3. The average molecular weight is 553 g/mol. The van der Waals surface area contributed by atoms with Crippen LogP contribution in [0.25, 0.3) is 22.3 Å². The Morgan fingerprint density at radius 1 is 1.10 bits per heavy atom. The van der Waals surface area contributed by atoms with E-state index in [4.69, 9.17) is 9.47 Å². The Morgan fingerprint density at radius 3 is 2.55 bits per heavy atom. The normalized spacial score (nSPS) is 12.5. The number of para-hydroxylation sites is 1. The Labute approximate surface area is 228 Å². The minimum atomic E-state index is -4.59. The summed E-state index contributed by atoms with van der Waals surface area (Å²) in [7, 11) is 3.67. The van der Waals surface area contributed by atoms with Gasteiger partial charge in [0.1, 0.15) is 5.75 Å². The van der Waals surface area contributed by atoms with Gasteiger partial charge in [-0.15, -0.1) is 0 Å². The minimum Gasteiger partial charge on any atom is -0.478 e. The van der Waals surface area contributed by atoms with Gasteiger partial charge in [0.2, 0.25) is 0 Å². The topological polar surface area (TPSA) is 86.0 Å². The lowest BCUT2D eigenvalue weighted by Gasteiger charge is -2.18. The molecule has 1 atom stereocenters. The van der Waals surface area contributed by atoms with Crippen molar-refractivity contribution in [1.29, 1.82) is 0 Å². The summed E-state index contributed by atoms with van der Waals surface area (Å²) in [6.45, 7) is 3.42. The molecule has 0 spiro atoms. The highest BCUT2D eigenvalue weighted by atomic mass is 19.4. The van der Waals surface area contributed by atoms with Crippen LogP contribution in [0.1, 0.15) is 25.0 Å². The Balaban J connectivity index is 1.86. The van der Waals surface area contributed by atoms with Gasteiger partial charge in [0.15, 0.2) is 11.9 Å². The van der Waals surface area contributed by atoms with Gasteiger partial charge in [0, 0.05) is 37.0 Å². The molecule has 1 aromatic heterocycles. The third-order valence-electron chi connectivity index (χ3n) is 5.95. The van der Waals surface area contributed by atoms with Crippen LogP contribution in [0.3, 0.4) is 0 Å². The number of carbonyl (C=O) groups is 1. The predicted molar refractivity (Wildman–Crippen MR) is 147 cm³/mol. The molecule has 0 saturated heterocycles. The molecule has 0 aliphatic rings. The molecule has 0 aliphatic heterocycles. The van der Waals surface area contributed by atoms with Crippen LogP contribution in [0.15, 0.2) is 76.6 Å². The molecular formula is C29H27F3N4O4. The zero-order chi connectivity index (χ0) is 29.0. The summed E-state index contributed by atoms with van der Waals surface area (Å²) in [6, 6.07) is 16.2. The number of esters is 1. The molecule has 11 heteroatoms. The Hall–Kier alpha value is -4.67. The second-order valence-electron chi connectivity index (χ2n) is 9.02. The van der Waals surface area contributed by atoms with Crippen LogP contribution in [0.4, 0.5) is 18.9 Å². The van der Waals surface area contributed by atoms with Gasteiger partial charge in [-0.25, -0.2) is 9.78 Å². The Morgan fingerprint density at radius 2 is 1.85 bits per heavy atom. The molecule has 4 aromatic rings. The van der Waals surface area contributed by atoms with Crippen LogP contribution >= 0.6 is 0 Å². The lowest BCUT2D eigenvalue weighted by atomic mass is 10.1. The Bertz CT molecular complexity index is 1630. The summed E-state index contributed by atoms with van der Waals surface area (Å²) in [5, 5.41) is 4.59. The van der Waals surface area contributed by atoms with Crippen molar-refractivity contribution in [2.75, 3.05) is 25.6 Å². The molecule has 3 aromatic carbocycles. The van der Waals surface area contributed by atoms with E-state index in [0.29, 0.717) is 11.1 Å². The molecule has 0 unspecified atom stereocenters. The first kappa shape index (κ1) is 28.3. The molecule has 208 valence electrons. The molecule has 0 amide bonds. The number of alkyl halides is 3. The quantitative estimate of drug-likeness (QED) is 0.216. The molecule has 0 saturated carbocycles. The highest BCUT2D eigenvalue weighted by Gasteiger charge is 2.31. The number of hydrogen-bond acceptors (Lipinski definition) is 7. The maximum absolute atomic E-state index is 13.5. The molecule has 4 rings (SSSR count). The molecule has 1 heterocycles. The van der Waals surface area contributed by atoms with Crippen LogP contribution in [0.2, 0.25) is 0 Å². The zero-order valence-electron chi connectivity index (χ0n) is 22.3. The summed E-state index contributed by atoms with van der Waals surface area (Å²) in [6.07, 6.45) is -4.19. The standard InChI is InChI=1S/C29H27F3N4O4/c1-5-39-28(38)18(2)40-25-16-22(35(3)4)14-13-20(25)17-33-36-26(19-9-8-10-21(15-19)29(30,31)32)34-24-12-7-6-11-23(24)27(36)37/h6-18H,5H2,1-4H3/t18-/m0/s1. The summed E-state index contributed by atoms with van der Waals surface area (Å²) < 4.78 is 52.3. The first-order valence-corrected chi connectivity index (χ1v) is 12.4. The smallest absolute Gasteiger partial charge is 0.416 e. The highest BCUT2D eigenvalue weighted by molar-refractivity contribution is 5.86. The van der Waals surface area contributed by atoms with E-state index in [1.807, 2.05) is 19.0 Å². The SMILES string of the molecule is CCOC(=O)[C@H](C)Oc1cc(N(C)C)ccc1C=Nn1c(-c2cccc(C(F)(F)F)c2)nc2ccccc2c1=O. The summed E-state index contributed by atoms with van der Waals surface area (Å²) in [5.41, 5.74) is 0.112. The van der Waals surface area contributed by atoms with Crippen LogP contribution in [0, 0.1) is 0 Å². The van der Waals surface area contributed by atoms with Crippen LogP contribution < -0.4 is 15.2 Å². The second kappa shape index (κ2) is 11.6. The molecule has 0 aliphatic carbocycles. The van der Waals surface area contributed by atoms with Gasteiger partial charge in [0.05, 0.1) is 29.3 Å². The van der Waals surface area contributed by atoms with Crippen molar-refractivity contribution >= 4 is 28.8 Å². The van der Waals surface area contributed by atoms with Crippen molar-refractivity contribution < 1.29 is 27.4 Å². The van der Waals surface area contributed by atoms with E-state index in [-0.39, 0.29) is 29.1 Å². The fourth-order valence-electron chi connectivity index (χ4n) is 3.88. The summed E-state index contributed by atoms with van der Waals surface area (Å²) in [4.78, 5) is 32.0. The second-order valence-corrected chi connectivity index (χ2v) is 9.02. The summed E-state index contributed by atoms with van der Waals surface area (Å²) in [5.74, 6) is -0.335. The van der Waals surface area contributed by atoms with Gasteiger partial charge in [-0.3, -0.25) is 4.79 Å². The van der Waals surface area contributed by atoms with E-state index >= 15 is 0 Å². The number of ether oxygens (including phenoxy) is 2. The highest BCUT2D eigenvalue weighted by Crippen LogP contribution is 2.32. The van der Waals surface area contributed by atoms with Crippen LogP contribution in [0.5, 0.6) is 5.75 Å². The number of anilines is 1. The maximum atomic E-state index is 13.5. The van der Waals surface area contributed by atoms with Crippen molar-refractivity contribution in [3.63, 3.8) is 0 Å². The zero-order valence-corrected chi connectivity index (χ0v) is 22.3. The van der Waals surface area contributed by atoms with Gasteiger partial charge >= 0.3 is 12.1 Å². The fraction of sp³-hybridized carbons (Fsp3) is 0.241. The van der Waals surface area contributed by atoms with E-state index in [2.05, 4.69) is 10.1 Å². The van der Waals surface area contributed by atoms with Crippen molar-refractivity contribution in [1.82, 2.24) is 9.66 Å². The van der Waals surface area contributed by atoms with E-state index in [1.165, 1.54) is 18.3 Å². The number of aromatic nitrogens is 2. The van der Waals surface area contributed by atoms with Gasteiger partial charge in [-0.1, -0.05) is 24.3 Å². The van der Waals surface area contributed by atoms with Gasteiger partial charge in [-0.2, -0.15) is 22.9 Å². The predicted octanol–water partition coefficient (Wildman–Crippen LogP) is 5.36. The van der Waals surface area contributed by atoms with E-state index < -0.39 is 29.4 Å². The minimum absolute atomic E-state index is 0.0604. The number of hydrogen-bond donors (Lipinski definition) is 0. The lowest BCUT2D eigenvalue weighted by molar-refractivity contribution is -0.150. The fourth-order valence-corrected chi connectivity index (χ4v) is 3.88. The van der Waals surface area contributed by atoms with Gasteiger partial charge < -0.3 is 14.4 Å². The van der Waals surface area contributed by atoms with Crippen LogP contribution in [-0.2, 0) is 15.7 Å². The monoisotopic (exact) mass is 552 g/mol. The molecule has 0 fully saturated rings. The van der Waals surface area contributed by atoms with Crippen molar-refractivity contribution in [2.24, 2.45) is 5.10 Å². The van der Waals surface area contributed by atoms with Crippen LogP contribution in [-0.4, -0.2) is 48.7 Å². The number of benzene rings is 3. The number of nitrogens with zero attached hydrogens (tertiary/aromatic N) is 4. The molecule has 0 N–H and O–H groups in total. The molecular weight excluding hydrogens is 525 g/mol. The third kappa shape index (κ3) is 6.14. The number of carbonyl (C=O) groups excluding carboxylic acids is 1. The first-order valence-electron chi connectivity index (χ1n) is 12.4. The maximum Gasteiger partial charge on any atom is 0.416 e. The molecule has 40 heavy (non-hydrogen) atoms. The summed E-state index contributed by atoms with van der Waals surface area (Å²) >= 11 is 0. The van der Waals surface area contributed by atoms with Crippen molar-refractivity contribution in [3.8, 4) is 17.1 Å². The van der Waals surface area contributed by atoms with E-state index in [0.717, 1.165) is 22.5 Å². The first-order chi connectivity index (χ1) is 19.0. The molecule has 8 nitrogen and oxygen atoms in total. The number of rotatable bonds is 8. The lowest BCUT2D eigenvalue weighted by Crippen LogP contribution is -2.26. The van der Waals surface area contributed by atoms with E-state index in [9.17, 15) is 22.8 Å². The molecule has 0 bridgehead atoms. The van der Waals surface area contributed by atoms with Crippen molar-refractivity contribution in [2.45, 2.75) is 26.1 Å². The molecule has 0 radical (unpaired) electrons. The third-order valence-corrected chi connectivity index (χ3v) is 5.95. The van der Waals surface area contributed by atoms with E-state index in [1.54, 1.807) is 56.3 Å². The average Bonchev–Trinajstić information content (AvgIpc) is 2.92. The largest absolute Gasteiger partial charge is 0.478 e. The van der Waals surface area contributed by atoms with Crippen molar-refractivity contribution in [3.05, 3.63) is 88.2 Å².